The Hall–Kier alpha value is -1.92. The Morgan fingerprint density at radius 3 is 2.83 bits per heavy atom. The molecule has 6 nitrogen and oxygen atoms in total. The van der Waals surface area contributed by atoms with E-state index in [1.807, 2.05) is 28.9 Å². The van der Waals surface area contributed by atoms with Crippen molar-refractivity contribution in [2.45, 2.75) is 45.3 Å². The van der Waals surface area contributed by atoms with Crippen LogP contribution in [0.4, 0.5) is 0 Å². The molecule has 0 saturated carbocycles. The Kier molecular flexibility index (Phi) is 5.25. The molecule has 1 saturated heterocycles. The van der Waals surface area contributed by atoms with Gasteiger partial charge in [-0.3, -0.25) is 0 Å². The van der Waals surface area contributed by atoms with Crippen molar-refractivity contribution in [1.29, 1.82) is 0 Å². The van der Waals surface area contributed by atoms with Crippen LogP contribution in [0.25, 0.3) is 5.69 Å². The van der Waals surface area contributed by atoms with E-state index in [0.717, 1.165) is 61.7 Å². The van der Waals surface area contributed by atoms with E-state index in [2.05, 4.69) is 17.2 Å². The number of aromatic nitrogens is 3. The first-order valence-corrected chi connectivity index (χ1v) is 8.33. The van der Waals surface area contributed by atoms with Crippen LogP contribution in [0.3, 0.4) is 0 Å². The molecule has 2 heterocycles. The molecular weight excluding hydrogens is 292 g/mol. The van der Waals surface area contributed by atoms with Crippen molar-refractivity contribution in [3.05, 3.63) is 35.7 Å². The van der Waals surface area contributed by atoms with Crippen molar-refractivity contribution in [2.24, 2.45) is 5.73 Å². The van der Waals surface area contributed by atoms with Crippen LogP contribution in [0.15, 0.2) is 24.3 Å². The lowest BCUT2D eigenvalue weighted by molar-refractivity contribution is 0.106. The molecule has 1 aliphatic heterocycles. The fraction of sp³-hybridized carbons (Fsp3) is 0.529. The highest BCUT2D eigenvalue weighted by molar-refractivity contribution is 5.39. The summed E-state index contributed by atoms with van der Waals surface area (Å²) in [5, 5.41) is 8.49. The minimum absolute atomic E-state index is 0.0315. The Morgan fingerprint density at radius 2 is 2.17 bits per heavy atom. The predicted octanol–water partition coefficient (Wildman–Crippen LogP) is 2.76. The van der Waals surface area contributed by atoms with Gasteiger partial charge in [0.15, 0.2) is 0 Å². The maximum absolute atomic E-state index is 5.81. The molecule has 3 rings (SSSR count). The zero-order chi connectivity index (χ0) is 16.1. The van der Waals surface area contributed by atoms with E-state index in [1.165, 1.54) is 0 Å². The first kappa shape index (κ1) is 16.0. The van der Waals surface area contributed by atoms with E-state index >= 15 is 0 Å². The number of ether oxygens (including phenoxy) is 2. The molecule has 6 heteroatoms. The molecule has 124 valence electrons. The zero-order valence-corrected chi connectivity index (χ0v) is 13.6. The van der Waals surface area contributed by atoms with Crippen molar-refractivity contribution >= 4 is 0 Å². The van der Waals surface area contributed by atoms with Crippen LogP contribution in [0.1, 0.15) is 50.1 Å². The fourth-order valence-corrected chi connectivity index (χ4v) is 2.79. The molecule has 0 radical (unpaired) electrons. The molecule has 1 unspecified atom stereocenters. The van der Waals surface area contributed by atoms with E-state index in [4.69, 9.17) is 15.2 Å². The van der Waals surface area contributed by atoms with Crippen LogP contribution < -0.4 is 10.5 Å². The second kappa shape index (κ2) is 7.57. The normalized spacial score (nSPS) is 17.6. The van der Waals surface area contributed by atoms with Crippen LogP contribution in [0, 0.1) is 0 Å². The van der Waals surface area contributed by atoms with E-state index in [1.54, 1.807) is 0 Å². The highest BCUT2D eigenvalue weighted by atomic mass is 16.5. The Morgan fingerprint density at radius 1 is 1.35 bits per heavy atom. The van der Waals surface area contributed by atoms with Crippen LogP contribution >= 0.6 is 0 Å². The number of unbranched alkanes of at least 4 members (excludes halogenated alkanes) is 1. The number of rotatable bonds is 7. The van der Waals surface area contributed by atoms with Gasteiger partial charge in [-0.2, -0.15) is 0 Å². The molecule has 1 atom stereocenters. The molecule has 23 heavy (non-hydrogen) atoms. The molecule has 0 bridgehead atoms. The summed E-state index contributed by atoms with van der Waals surface area (Å²) in [4.78, 5) is 0. The van der Waals surface area contributed by atoms with Crippen LogP contribution in [-0.2, 0) is 11.3 Å². The maximum atomic E-state index is 5.81. The molecule has 0 aliphatic carbocycles. The highest BCUT2D eigenvalue weighted by Gasteiger charge is 2.26. The molecule has 1 aliphatic rings. The van der Waals surface area contributed by atoms with Gasteiger partial charge in [0.1, 0.15) is 17.5 Å². The van der Waals surface area contributed by atoms with Gasteiger partial charge in [-0.05, 0) is 43.5 Å². The Bertz CT molecular complexity index is 618. The molecular formula is C17H24N4O2. The number of nitrogens with two attached hydrogens (primary N) is 1. The van der Waals surface area contributed by atoms with Gasteiger partial charge in [0.2, 0.25) is 0 Å². The summed E-state index contributed by atoms with van der Waals surface area (Å²) < 4.78 is 13.4. The van der Waals surface area contributed by atoms with Gasteiger partial charge in [0, 0.05) is 13.2 Å². The minimum atomic E-state index is 0.0315. The monoisotopic (exact) mass is 316 g/mol. The van der Waals surface area contributed by atoms with Gasteiger partial charge >= 0.3 is 0 Å². The standard InChI is InChI=1S/C17H24N4O2/c1-2-3-10-22-14-8-6-13(7-9-14)21-17(15(12-18)19-20-21)16-5-4-11-23-16/h6-9,16H,2-5,10-12,18H2,1H3. The van der Waals surface area contributed by atoms with E-state index in [0.29, 0.717) is 6.54 Å². The smallest absolute Gasteiger partial charge is 0.119 e. The van der Waals surface area contributed by atoms with Gasteiger partial charge < -0.3 is 15.2 Å². The highest BCUT2D eigenvalue weighted by Crippen LogP contribution is 2.31. The average molecular weight is 316 g/mol. The summed E-state index contributed by atoms with van der Waals surface area (Å²) in [6.45, 7) is 4.05. The average Bonchev–Trinajstić information content (AvgIpc) is 3.24. The largest absolute Gasteiger partial charge is 0.494 e. The summed E-state index contributed by atoms with van der Waals surface area (Å²) in [7, 11) is 0. The Balaban J connectivity index is 1.82. The maximum Gasteiger partial charge on any atom is 0.119 e. The van der Waals surface area contributed by atoms with E-state index in [-0.39, 0.29) is 6.10 Å². The van der Waals surface area contributed by atoms with Crippen LogP contribution in [0.2, 0.25) is 0 Å². The Labute approximate surface area is 136 Å². The van der Waals surface area contributed by atoms with Crippen LogP contribution in [-0.4, -0.2) is 28.2 Å². The molecule has 0 amide bonds. The lowest BCUT2D eigenvalue weighted by Gasteiger charge is -2.14. The molecule has 1 fully saturated rings. The third-order valence-electron chi connectivity index (χ3n) is 4.05. The van der Waals surface area contributed by atoms with E-state index in [9.17, 15) is 0 Å². The van der Waals surface area contributed by atoms with Gasteiger partial charge in [0.05, 0.1) is 18.0 Å². The van der Waals surface area contributed by atoms with Crippen molar-refractivity contribution in [1.82, 2.24) is 15.0 Å². The zero-order valence-electron chi connectivity index (χ0n) is 13.6. The number of hydrogen-bond donors (Lipinski definition) is 1. The summed E-state index contributed by atoms with van der Waals surface area (Å²) in [6.07, 6.45) is 4.27. The second-order valence-corrected chi connectivity index (χ2v) is 5.73. The minimum Gasteiger partial charge on any atom is -0.494 e. The van der Waals surface area contributed by atoms with Gasteiger partial charge in [-0.1, -0.05) is 18.6 Å². The molecule has 0 spiro atoms. The van der Waals surface area contributed by atoms with Crippen molar-refractivity contribution < 1.29 is 9.47 Å². The van der Waals surface area contributed by atoms with Gasteiger partial charge in [-0.15, -0.1) is 5.10 Å². The molecule has 2 N–H and O–H groups in total. The number of hydrogen-bond acceptors (Lipinski definition) is 5. The van der Waals surface area contributed by atoms with Gasteiger partial charge in [0.25, 0.3) is 0 Å². The van der Waals surface area contributed by atoms with Crippen molar-refractivity contribution in [3.63, 3.8) is 0 Å². The SMILES string of the molecule is CCCCOc1ccc(-n2nnc(CN)c2C2CCCO2)cc1. The topological polar surface area (TPSA) is 75.2 Å². The third-order valence-corrected chi connectivity index (χ3v) is 4.05. The van der Waals surface area contributed by atoms with Crippen LogP contribution in [0.5, 0.6) is 5.75 Å². The third kappa shape index (κ3) is 3.54. The lowest BCUT2D eigenvalue weighted by atomic mass is 10.1. The van der Waals surface area contributed by atoms with Gasteiger partial charge in [-0.25, -0.2) is 4.68 Å². The first-order chi connectivity index (χ1) is 11.3. The lowest BCUT2D eigenvalue weighted by Crippen LogP contribution is -2.10. The summed E-state index contributed by atoms with van der Waals surface area (Å²) in [6, 6.07) is 7.92. The number of nitrogens with zero attached hydrogens (tertiary/aromatic N) is 3. The van der Waals surface area contributed by atoms with Crippen molar-refractivity contribution in [3.8, 4) is 11.4 Å². The molecule has 2 aromatic rings. The number of benzene rings is 1. The predicted molar refractivity (Wildman–Crippen MR) is 87.6 cm³/mol. The summed E-state index contributed by atoms with van der Waals surface area (Å²) in [5.41, 5.74) is 8.54. The summed E-state index contributed by atoms with van der Waals surface area (Å²) >= 11 is 0. The summed E-state index contributed by atoms with van der Waals surface area (Å²) in [5.74, 6) is 0.875. The first-order valence-electron chi connectivity index (χ1n) is 8.33. The molecule has 1 aromatic heterocycles. The fourth-order valence-electron chi connectivity index (χ4n) is 2.79. The van der Waals surface area contributed by atoms with E-state index < -0.39 is 0 Å². The second-order valence-electron chi connectivity index (χ2n) is 5.73. The molecule has 1 aromatic carbocycles. The quantitative estimate of drug-likeness (QED) is 0.795. The van der Waals surface area contributed by atoms with Crippen molar-refractivity contribution in [2.75, 3.05) is 13.2 Å².